The summed E-state index contributed by atoms with van der Waals surface area (Å²) < 4.78 is 6.85. The van der Waals surface area contributed by atoms with Crippen molar-refractivity contribution in [1.82, 2.24) is 14.7 Å². The number of hydrogen-bond donors (Lipinski definition) is 1. The van der Waals surface area contributed by atoms with Crippen molar-refractivity contribution in [3.8, 4) is 0 Å². The van der Waals surface area contributed by atoms with Gasteiger partial charge in [0.1, 0.15) is 0 Å². The van der Waals surface area contributed by atoms with Crippen molar-refractivity contribution in [3.63, 3.8) is 0 Å². The van der Waals surface area contributed by atoms with Crippen molar-refractivity contribution in [2.24, 2.45) is 7.05 Å². The molecule has 24 heavy (non-hydrogen) atoms. The molecule has 0 aliphatic carbocycles. The van der Waals surface area contributed by atoms with Gasteiger partial charge in [-0.1, -0.05) is 6.07 Å². The van der Waals surface area contributed by atoms with Gasteiger partial charge in [-0.25, -0.2) is 0 Å². The van der Waals surface area contributed by atoms with Crippen LogP contribution in [0.2, 0.25) is 0 Å². The van der Waals surface area contributed by atoms with E-state index in [1.165, 1.54) is 0 Å². The lowest BCUT2D eigenvalue weighted by atomic mass is 10.0. The summed E-state index contributed by atoms with van der Waals surface area (Å²) in [4.78, 5) is 26.7. The molecule has 0 bridgehead atoms. The summed E-state index contributed by atoms with van der Waals surface area (Å²) in [6.45, 7) is 4.12. The average Bonchev–Trinajstić information content (AvgIpc) is 3.03. The topological polar surface area (TPSA) is 76.5 Å². The van der Waals surface area contributed by atoms with E-state index in [9.17, 15) is 9.59 Å². The first-order valence-electron chi connectivity index (χ1n) is 7.84. The number of nitrogens with zero attached hydrogens (tertiary/aromatic N) is 3. The average molecular weight is 328 g/mol. The Morgan fingerprint density at radius 2 is 1.96 bits per heavy atom. The van der Waals surface area contributed by atoms with Crippen molar-refractivity contribution in [3.05, 3.63) is 47.3 Å². The molecule has 1 fully saturated rings. The van der Waals surface area contributed by atoms with Crippen LogP contribution in [-0.2, 0) is 11.8 Å². The summed E-state index contributed by atoms with van der Waals surface area (Å²) in [6, 6.07) is 6.98. The lowest BCUT2D eigenvalue weighted by Crippen LogP contribution is -2.41. The number of morpholine rings is 1. The van der Waals surface area contributed by atoms with Crippen molar-refractivity contribution in [2.75, 3.05) is 31.6 Å². The predicted molar refractivity (Wildman–Crippen MR) is 89.1 cm³/mol. The summed E-state index contributed by atoms with van der Waals surface area (Å²) >= 11 is 0. The molecule has 126 valence electrons. The number of ether oxygens (including phenoxy) is 1. The standard InChI is InChI=1S/C17H20N4O3/c1-12-13(17(23)21-8-10-24-11-9-21)4-3-5-14(12)18-16(22)15-6-7-20(2)19-15/h3-7H,8-11H2,1-2H3,(H,18,22). The minimum absolute atomic E-state index is 0.0373. The molecule has 0 radical (unpaired) electrons. The second kappa shape index (κ2) is 6.84. The Kier molecular flexibility index (Phi) is 4.61. The molecular formula is C17H20N4O3. The fourth-order valence-electron chi connectivity index (χ4n) is 2.66. The van der Waals surface area contributed by atoms with E-state index in [0.29, 0.717) is 43.2 Å². The maximum Gasteiger partial charge on any atom is 0.276 e. The molecule has 1 N–H and O–H groups in total. The number of anilines is 1. The maximum atomic E-state index is 12.7. The van der Waals surface area contributed by atoms with Crippen LogP contribution >= 0.6 is 0 Å². The molecule has 7 heteroatoms. The van der Waals surface area contributed by atoms with E-state index in [-0.39, 0.29) is 11.8 Å². The van der Waals surface area contributed by atoms with Crippen molar-refractivity contribution in [1.29, 1.82) is 0 Å². The molecule has 0 atom stereocenters. The molecule has 2 aromatic rings. The van der Waals surface area contributed by atoms with Gasteiger partial charge >= 0.3 is 0 Å². The summed E-state index contributed by atoms with van der Waals surface area (Å²) in [6.07, 6.45) is 1.71. The normalized spacial score (nSPS) is 14.5. The summed E-state index contributed by atoms with van der Waals surface area (Å²) in [5.41, 5.74) is 2.29. The van der Waals surface area contributed by atoms with Crippen LogP contribution in [0.4, 0.5) is 5.69 Å². The molecule has 1 aromatic heterocycles. The zero-order chi connectivity index (χ0) is 17.1. The zero-order valence-corrected chi connectivity index (χ0v) is 13.8. The van der Waals surface area contributed by atoms with Gasteiger partial charge in [-0.2, -0.15) is 5.10 Å². The lowest BCUT2D eigenvalue weighted by molar-refractivity contribution is 0.0302. The molecule has 1 aliphatic heterocycles. The van der Waals surface area contributed by atoms with Gasteiger partial charge in [0, 0.05) is 37.6 Å². The molecule has 2 amide bonds. The molecule has 0 unspecified atom stereocenters. The third kappa shape index (κ3) is 3.30. The first-order chi connectivity index (χ1) is 11.6. The van der Waals surface area contributed by atoms with Gasteiger partial charge in [0.15, 0.2) is 5.69 Å². The second-order valence-corrected chi connectivity index (χ2v) is 5.71. The molecule has 0 spiro atoms. The van der Waals surface area contributed by atoms with Crippen LogP contribution in [0.25, 0.3) is 0 Å². The predicted octanol–water partition coefficient (Wildman–Crippen LogP) is 1.45. The number of amides is 2. The van der Waals surface area contributed by atoms with Crippen molar-refractivity contribution < 1.29 is 14.3 Å². The Hall–Kier alpha value is -2.67. The van der Waals surface area contributed by atoms with Crippen LogP contribution in [0.5, 0.6) is 0 Å². The number of benzene rings is 1. The van der Waals surface area contributed by atoms with Gasteiger partial charge < -0.3 is 15.0 Å². The maximum absolute atomic E-state index is 12.7. The van der Waals surface area contributed by atoms with Gasteiger partial charge in [0.05, 0.1) is 13.2 Å². The molecule has 3 rings (SSSR count). The van der Waals surface area contributed by atoms with E-state index in [4.69, 9.17) is 4.74 Å². The van der Waals surface area contributed by atoms with Crippen LogP contribution < -0.4 is 5.32 Å². The fraction of sp³-hybridized carbons (Fsp3) is 0.353. The van der Waals surface area contributed by atoms with E-state index in [1.54, 1.807) is 47.1 Å². The van der Waals surface area contributed by atoms with Gasteiger partial charge in [0.25, 0.3) is 11.8 Å². The van der Waals surface area contributed by atoms with Crippen molar-refractivity contribution >= 4 is 17.5 Å². The third-order valence-corrected chi connectivity index (χ3v) is 4.06. The molecular weight excluding hydrogens is 308 g/mol. The lowest BCUT2D eigenvalue weighted by Gasteiger charge is -2.27. The summed E-state index contributed by atoms with van der Waals surface area (Å²) in [5, 5.41) is 6.91. The summed E-state index contributed by atoms with van der Waals surface area (Å²) in [7, 11) is 1.75. The van der Waals surface area contributed by atoms with Crippen LogP contribution in [0.1, 0.15) is 26.4 Å². The highest BCUT2D eigenvalue weighted by Crippen LogP contribution is 2.21. The van der Waals surface area contributed by atoms with Gasteiger partial charge in [0.2, 0.25) is 0 Å². The largest absolute Gasteiger partial charge is 0.378 e. The smallest absolute Gasteiger partial charge is 0.276 e. The number of aromatic nitrogens is 2. The van der Waals surface area contributed by atoms with Crippen LogP contribution in [-0.4, -0.2) is 52.8 Å². The van der Waals surface area contributed by atoms with Crippen LogP contribution in [0, 0.1) is 6.92 Å². The van der Waals surface area contributed by atoms with E-state index in [1.807, 2.05) is 6.92 Å². The number of aryl methyl sites for hydroxylation is 1. The SMILES string of the molecule is Cc1c(NC(=O)c2ccn(C)n2)cccc1C(=O)N1CCOCC1. The van der Waals surface area contributed by atoms with E-state index >= 15 is 0 Å². The zero-order valence-electron chi connectivity index (χ0n) is 13.8. The monoisotopic (exact) mass is 328 g/mol. The first kappa shape index (κ1) is 16.2. The van der Waals surface area contributed by atoms with E-state index in [2.05, 4.69) is 10.4 Å². The van der Waals surface area contributed by atoms with Gasteiger partial charge in [-0.15, -0.1) is 0 Å². The van der Waals surface area contributed by atoms with E-state index < -0.39 is 0 Å². The Morgan fingerprint density at radius 1 is 1.21 bits per heavy atom. The summed E-state index contributed by atoms with van der Waals surface area (Å²) in [5.74, 6) is -0.334. The Labute approximate surface area is 140 Å². The molecule has 2 heterocycles. The highest BCUT2D eigenvalue weighted by atomic mass is 16.5. The first-order valence-corrected chi connectivity index (χ1v) is 7.84. The highest BCUT2D eigenvalue weighted by molar-refractivity contribution is 6.05. The van der Waals surface area contributed by atoms with Gasteiger partial charge in [-0.3, -0.25) is 14.3 Å². The Bertz CT molecular complexity index is 763. The highest BCUT2D eigenvalue weighted by Gasteiger charge is 2.21. The van der Waals surface area contributed by atoms with E-state index in [0.717, 1.165) is 5.56 Å². The Morgan fingerprint density at radius 3 is 2.62 bits per heavy atom. The van der Waals surface area contributed by atoms with Gasteiger partial charge in [-0.05, 0) is 30.7 Å². The van der Waals surface area contributed by atoms with Crippen LogP contribution in [0.15, 0.2) is 30.5 Å². The molecule has 0 saturated carbocycles. The van der Waals surface area contributed by atoms with Crippen LogP contribution in [0.3, 0.4) is 0 Å². The number of carbonyl (C=O) groups excluding carboxylic acids is 2. The minimum atomic E-state index is -0.297. The molecule has 1 aromatic carbocycles. The number of nitrogens with one attached hydrogen (secondary N) is 1. The fourth-order valence-corrected chi connectivity index (χ4v) is 2.66. The third-order valence-electron chi connectivity index (χ3n) is 4.06. The number of carbonyl (C=O) groups is 2. The molecule has 1 aliphatic rings. The molecule has 1 saturated heterocycles. The second-order valence-electron chi connectivity index (χ2n) is 5.71. The quantitative estimate of drug-likeness (QED) is 0.925. The Balaban J connectivity index is 1.80. The number of rotatable bonds is 3. The minimum Gasteiger partial charge on any atom is -0.378 e. The molecule has 7 nitrogen and oxygen atoms in total. The van der Waals surface area contributed by atoms with Crippen molar-refractivity contribution in [2.45, 2.75) is 6.92 Å². The number of hydrogen-bond acceptors (Lipinski definition) is 4.